The number of fused-ring (bicyclic) bond motifs is 1. The summed E-state index contributed by atoms with van der Waals surface area (Å²) >= 11 is 0. The zero-order valence-corrected chi connectivity index (χ0v) is 26.5. The third-order valence-electron chi connectivity index (χ3n) is 8.98. The molecule has 2 bridgehead atoms. The van der Waals surface area contributed by atoms with Gasteiger partial charge in [0.1, 0.15) is 18.8 Å². The second-order valence-corrected chi connectivity index (χ2v) is 15.5. The largest absolute Gasteiger partial charge is 0.458 e. The van der Waals surface area contributed by atoms with Crippen LogP contribution in [0.3, 0.4) is 0 Å². The van der Waals surface area contributed by atoms with Gasteiger partial charge in [-0.3, -0.25) is 9.35 Å². The van der Waals surface area contributed by atoms with Crippen molar-refractivity contribution in [1.29, 1.82) is 0 Å². The number of ether oxygens (including phenoxy) is 3. The normalized spacial score (nSPS) is 25.4. The number of rotatable bonds is 11. The summed E-state index contributed by atoms with van der Waals surface area (Å²) in [5.41, 5.74) is 1.66. The molecule has 1 N–H and O–H groups in total. The molecule has 3 aromatic rings. The van der Waals surface area contributed by atoms with Crippen molar-refractivity contribution in [2.45, 2.75) is 57.8 Å². The van der Waals surface area contributed by atoms with Gasteiger partial charge in [0.25, 0.3) is 0 Å². The third-order valence-corrected chi connectivity index (χ3v) is 12.1. The van der Waals surface area contributed by atoms with Crippen molar-refractivity contribution in [2.24, 2.45) is 17.8 Å². The summed E-state index contributed by atoms with van der Waals surface area (Å²) in [6.07, 6.45) is -0.0378. The predicted molar refractivity (Wildman–Crippen MR) is 165 cm³/mol. The molecule has 6 atom stereocenters. The summed E-state index contributed by atoms with van der Waals surface area (Å²) in [6, 6.07) is 26.7. The number of halogens is 2. The minimum Gasteiger partial charge on any atom is -0.458 e. The van der Waals surface area contributed by atoms with E-state index >= 15 is 0 Å². The fourth-order valence-corrected chi connectivity index (χ4v) is 9.47. The number of carbonyl (C=O) groups is 2. The lowest BCUT2D eigenvalue weighted by atomic mass is 9.72. The number of benzene rings is 3. The first-order valence-corrected chi connectivity index (χ1v) is 17.5. The fourth-order valence-electron chi connectivity index (χ4n) is 6.98. The number of hydrogen-bond donors (Lipinski definition) is 1. The average Bonchev–Trinajstić information content (AvgIpc) is 3.59. The summed E-state index contributed by atoms with van der Waals surface area (Å²) in [7, 11) is -6.16. The molecule has 2 saturated carbocycles. The molecule has 2 aliphatic carbocycles. The lowest BCUT2D eigenvalue weighted by molar-refractivity contribution is -0.186. The highest BCUT2D eigenvalue weighted by Crippen LogP contribution is 2.59. The van der Waals surface area contributed by atoms with E-state index in [0.29, 0.717) is 12.8 Å². The molecule has 3 aromatic carbocycles. The zero-order chi connectivity index (χ0) is 32.8. The van der Waals surface area contributed by atoms with Gasteiger partial charge in [0, 0.05) is 17.4 Å². The van der Waals surface area contributed by atoms with Crippen LogP contribution in [0.2, 0.25) is 0 Å². The molecule has 0 aromatic heterocycles. The quantitative estimate of drug-likeness (QED) is 0.119. The monoisotopic (exact) mass is 671 g/mol. The van der Waals surface area contributed by atoms with E-state index < -0.39 is 63.6 Å². The van der Waals surface area contributed by atoms with Gasteiger partial charge in [-0.2, -0.15) is 17.2 Å². The van der Waals surface area contributed by atoms with Crippen LogP contribution in [-0.2, 0) is 44.8 Å². The van der Waals surface area contributed by atoms with E-state index in [1.54, 1.807) is 0 Å². The molecular weight excluding hydrogens is 638 g/mol. The lowest BCUT2D eigenvalue weighted by Gasteiger charge is -2.42. The molecule has 3 aliphatic rings. The lowest BCUT2D eigenvalue weighted by Crippen LogP contribution is -2.50. The van der Waals surface area contributed by atoms with E-state index in [-0.39, 0.29) is 29.3 Å². The first-order chi connectivity index (χ1) is 21.9. The van der Waals surface area contributed by atoms with Gasteiger partial charge in [-0.1, -0.05) is 60.7 Å². The van der Waals surface area contributed by atoms with Gasteiger partial charge >= 0.3 is 27.3 Å². The summed E-state index contributed by atoms with van der Waals surface area (Å²) in [5, 5.41) is -4.54. The van der Waals surface area contributed by atoms with Crippen LogP contribution in [-0.4, -0.2) is 55.6 Å². The molecule has 3 fully saturated rings. The second kappa shape index (κ2) is 12.6. The van der Waals surface area contributed by atoms with Gasteiger partial charge in [0.2, 0.25) is 0 Å². The van der Waals surface area contributed by atoms with Crippen molar-refractivity contribution in [3.8, 4) is 0 Å². The van der Waals surface area contributed by atoms with Crippen LogP contribution in [0.15, 0.2) is 106 Å². The molecular formula is C34H33F2O8S2+. The Labute approximate surface area is 268 Å². The van der Waals surface area contributed by atoms with Crippen LogP contribution >= 0.6 is 0 Å². The Bertz CT molecular complexity index is 1710. The highest BCUT2D eigenvalue weighted by molar-refractivity contribution is 7.97. The first-order valence-electron chi connectivity index (χ1n) is 14.8. The Morgan fingerprint density at radius 3 is 2.24 bits per heavy atom. The Balaban J connectivity index is 1.21. The Morgan fingerprint density at radius 1 is 1.02 bits per heavy atom. The molecule has 0 radical (unpaired) electrons. The number of carbonyl (C=O) groups excluding carboxylic acids is 2. The van der Waals surface area contributed by atoms with Crippen molar-refractivity contribution in [1.82, 2.24) is 0 Å². The van der Waals surface area contributed by atoms with E-state index in [4.69, 9.17) is 14.0 Å². The van der Waals surface area contributed by atoms with Crippen molar-refractivity contribution < 1.29 is 45.6 Å². The van der Waals surface area contributed by atoms with Gasteiger partial charge in [-0.05, 0) is 56.0 Å². The predicted octanol–water partition coefficient (Wildman–Crippen LogP) is 5.72. The molecule has 46 heavy (non-hydrogen) atoms. The number of hydrogen-bond acceptors (Lipinski definition) is 7. The van der Waals surface area contributed by atoms with Gasteiger partial charge in [0.05, 0.1) is 29.0 Å². The van der Waals surface area contributed by atoms with Gasteiger partial charge in [-0.25, -0.2) is 4.79 Å². The smallest absolute Gasteiger partial charge is 0.392 e. The van der Waals surface area contributed by atoms with Crippen LogP contribution in [0, 0.1) is 24.7 Å². The van der Waals surface area contributed by atoms with Crippen LogP contribution in [0.4, 0.5) is 8.78 Å². The minimum absolute atomic E-state index is 0.0158. The number of aryl methyl sites for hydroxylation is 1. The van der Waals surface area contributed by atoms with Crippen molar-refractivity contribution in [3.05, 3.63) is 102 Å². The standard InChI is InChI=1S/C34H32F2O8S2/c1-20-13-14-28(45(23-9-5-3-6-10-23)24-11-7-4-8-12-24)27(15-20)29-25-16-22-17-26(25)31(44-33(29)38)30(22)43-32(37)21(2)18-42-19-34(35,36)46(39,40)41/h3-15,22,25-26,29-31H,2,16-19H2,1H3/p+1. The summed E-state index contributed by atoms with van der Waals surface area (Å²) in [6.45, 7) is 3.12. The molecule has 1 aliphatic heterocycles. The van der Waals surface area contributed by atoms with Crippen LogP contribution in [0.1, 0.15) is 29.9 Å². The summed E-state index contributed by atoms with van der Waals surface area (Å²) in [4.78, 5) is 30.0. The van der Waals surface area contributed by atoms with E-state index in [0.717, 1.165) is 25.8 Å². The highest BCUT2D eigenvalue weighted by atomic mass is 32.2. The molecule has 0 spiro atoms. The number of alkyl halides is 2. The Kier molecular flexibility index (Phi) is 8.83. The molecule has 0 amide bonds. The first kappa shape index (κ1) is 32.4. The Morgan fingerprint density at radius 2 is 1.63 bits per heavy atom. The van der Waals surface area contributed by atoms with Gasteiger partial charge < -0.3 is 14.2 Å². The Hall–Kier alpha value is -3.58. The molecule has 242 valence electrons. The molecule has 12 heteroatoms. The van der Waals surface area contributed by atoms with Crippen LogP contribution < -0.4 is 0 Å². The summed E-state index contributed by atoms with van der Waals surface area (Å²) < 4.78 is 73.4. The third kappa shape index (κ3) is 6.11. The fraction of sp³-hybridized carbons (Fsp3) is 0.353. The summed E-state index contributed by atoms with van der Waals surface area (Å²) in [5.74, 6) is -1.91. The van der Waals surface area contributed by atoms with Crippen molar-refractivity contribution in [2.75, 3.05) is 13.2 Å². The average molecular weight is 672 g/mol. The highest BCUT2D eigenvalue weighted by Gasteiger charge is 2.63. The van der Waals surface area contributed by atoms with Gasteiger partial charge in [-0.15, -0.1) is 0 Å². The molecule has 1 heterocycles. The maximum absolute atomic E-state index is 13.9. The van der Waals surface area contributed by atoms with E-state index in [1.165, 1.54) is 0 Å². The second-order valence-electron chi connectivity index (χ2n) is 12.0. The van der Waals surface area contributed by atoms with E-state index in [9.17, 15) is 26.8 Å². The van der Waals surface area contributed by atoms with Crippen molar-refractivity contribution in [3.63, 3.8) is 0 Å². The van der Waals surface area contributed by atoms with Crippen LogP contribution in [0.5, 0.6) is 0 Å². The SMILES string of the molecule is C=C(COCC(F)(F)S(=O)(=O)O)C(=O)OC1C2CC3C(c4cc(C)ccc4[S+](c4ccccc4)c4ccccc4)C(=O)OC1C3C2. The maximum atomic E-state index is 13.9. The maximum Gasteiger partial charge on any atom is 0.392 e. The minimum atomic E-state index is -5.68. The van der Waals surface area contributed by atoms with E-state index in [2.05, 4.69) is 53.8 Å². The molecule has 8 nitrogen and oxygen atoms in total. The van der Waals surface area contributed by atoms with Crippen LogP contribution in [0.25, 0.3) is 0 Å². The zero-order valence-electron chi connectivity index (χ0n) is 24.9. The molecule has 6 unspecified atom stereocenters. The molecule has 1 saturated heterocycles. The topological polar surface area (TPSA) is 116 Å². The van der Waals surface area contributed by atoms with Gasteiger partial charge in [0.15, 0.2) is 14.7 Å². The van der Waals surface area contributed by atoms with Crippen molar-refractivity contribution >= 4 is 33.0 Å². The number of esters is 2. The molecule has 6 rings (SSSR count). The van der Waals surface area contributed by atoms with E-state index in [1.807, 2.05) is 43.3 Å².